The van der Waals surface area contributed by atoms with Gasteiger partial charge in [0, 0.05) is 39.2 Å². The summed E-state index contributed by atoms with van der Waals surface area (Å²) in [5.41, 5.74) is 13.1. The van der Waals surface area contributed by atoms with E-state index in [0.717, 1.165) is 73.6 Å². The molecule has 0 spiro atoms. The van der Waals surface area contributed by atoms with Crippen LogP contribution in [0.1, 0.15) is 76.1 Å². The van der Waals surface area contributed by atoms with E-state index >= 15 is 0 Å². The summed E-state index contributed by atoms with van der Waals surface area (Å²) in [6.45, 7) is 11.1. The zero-order valence-electron chi connectivity index (χ0n) is 36.6. The highest BCUT2D eigenvalue weighted by Crippen LogP contribution is 2.51. The van der Waals surface area contributed by atoms with E-state index in [2.05, 4.69) is 189 Å². The van der Waals surface area contributed by atoms with Crippen molar-refractivity contribution in [2.24, 2.45) is 5.92 Å². The molecule has 7 aromatic rings. The third-order valence-electron chi connectivity index (χ3n) is 14.3. The van der Waals surface area contributed by atoms with Crippen molar-refractivity contribution in [3.05, 3.63) is 198 Å². The molecular formula is C58H54N4O. The van der Waals surface area contributed by atoms with Crippen LogP contribution in [0.4, 0.5) is 5.95 Å². The molecule has 2 aliphatic carbocycles. The number of benzene rings is 5. The van der Waals surface area contributed by atoms with Gasteiger partial charge in [0.15, 0.2) is 0 Å². The highest BCUT2D eigenvalue weighted by atomic mass is 16.5. The summed E-state index contributed by atoms with van der Waals surface area (Å²) in [4.78, 5) is 13.7. The molecule has 4 atom stereocenters. The fourth-order valence-corrected chi connectivity index (χ4v) is 11.3. The lowest BCUT2D eigenvalue weighted by Gasteiger charge is -2.39. The maximum Gasteiger partial charge on any atom is 0.231 e. The molecule has 5 heteroatoms. The number of hydrogen-bond acceptors (Lipinski definition) is 4. The minimum Gasteiger partial charge on any atom is -0.492 e. The monoisotopic (exact) mass is 822 g/mol. The fourth-order valence-electron chi connectivity index (χ4n) is 11.3. The molecule has 0 radical (unpaired) electrons. The third-order valence-corrected chi connectivity index (χ3v) is 14.3. The molecule has 11 rings (SSSR count). The van der Waals surface area contributed by atoms with Gasteiger partial charge in [-0.15, -0.1) is 0 Å². The van der Waals surface area contributed by atoms with E-state index in [0.29, 0.717) is 0 Å². The minimum atomic E-state index is -0.244. The molecule has 5 aromatic carbocycles. The first-order chi connectivity index (χ1) is 30.9. The molecule has 0 N–H and O–H groups in total. The average Bonchev–Trinajstić information content (AvgIpc) is 3.83. The van der Waals surface area contributed by atoms with Crippen LogP contribution in [0.2, 0.25) is 0 Å². The van der Waals surface area contributed by atoms with Gasteiger partial charge < -0.3 is 14.2 Å². The van der Waals surface area contributed by atoms with Crippen molar-refractivity contribution in [2.45, 2.75) is 83.3 Å². The van der Waals surface area contributed by atoms with Crippen LogP contribution in [0.3, 0.4) is 0 Å². The van der Waals surface area contributed by atoms with Crippen LogP contribution in [0.25, 0.3) is 55.6 Å². The summed E-state index contributed by atoms with van der Waals surface area (Å²) in [7, 11) is 0. The lowest BCUT2D eigenvalue weighted by molar-refractivity contribution is 0.0766. The zero-order valence-corrected chi connectivity index (χ0v) is 36.6. The molecule has 4 heterocycles. The Kier molecular flexibility index (Phi) is 9.87. The van der Waals surface area contributed by atoms with Crippen LogP contribution >= 0.6 is 0 Å². The zero-order chi connectivity index (χ0) is 42.7. The van der Waals surface area contributed by atoms with E-state index in [1.807, 2.05) is 6.08 Å². The Hall–Kier alpha value is -6.72. The second-order valence-electron chi connectivity index (χ2n) is 18.2. The van der Waals surface area contributed by atoms with Crippen molar-refractivity contribution < 1.29 is 4.74 Å². The smallest absolute Gasteiger partial charge is 0.231 e. The molecule has 5 nitrogen and oxygen atoms in total. The Balaban J connectivity index is 1.13. The Morgan fingerprint density at radius 2 is 1.59 bits per heavy atom. The third kappa shape index (κ3) is 6.68. The van der Waals surface area contributed by atoms with Crippen LogP contribution in [0.15, 0.2) is 181 Å². The van der Waals surface area contributed by atoms with E-state index < -0.39 is 0 Å². The highest BCUT2D eigenvalue weighted by molar-refractivity contribution is 6.09. The van der Waals surface area contributed by atoms with Crippen LogP contribution in [-0.2, 0) is 16.6 Å². The number of hydrogen-bond donors (Lipinski definition) is 0. The summed E-state index contributed by atoms with van der Waals surface area (Å²) in [5.74, 6) is 1.85. The van der Waals surface area contributed by atoms with E-state index in [9.17, 15) is 0 Å². The fraction of sp³-hybridized carbons (Fsp3) is 0.241. The number of para-hydroxylation sites is 2. The second kappa shape index (κ2) is 15.9. The molecule has 0 bridgehead atoms. The molecule has 4 aliphatic rings. The van der Waals surface area contributed by atoms with Crippen molar-refractivity contribution in [1.29, 1.82) is 0 Å². The first kappa shape index (κ1) is 39.1. The number of aromatic nitrogens is 3. The van der Waals surface area contributed by atoms with Gasteiger partial charge in [-0.25, -0.2) is 9.97 Å². The van der Waals surface area contributed by atoms with Crippen molar-refractivity contribution in [3.63, 3.8) is 0 Å². The van der Waals surface area contributed by atoms with Crippen LogP contribution in [0, 0.1) is 5.92 Å². The van der Waals surface area contributed by atoms with Gasteiger partial charge in [0.25, 0.3) is 0 Å². The van der Waals surface area contributed by atoms with Gasteiger partial charge >= 0.3 is 0 Å². The summed E-state index contributed by atoms with van der Waals surface area (Å²) >= 11 is 0. The van der Waals surface area contributed by atoms with Crippen LogP contribution < -0.4 is 4.90 Å². The van der Waals surface area contributed by atoms with Gasteiger partial charge in [-0.3, -0.25) is 0 Å². The van der Waals surface area contributed by atoms with E-state index in [1.54, 1.807) is 0 Å². The van der Waals surface area contributed by atoms with E-state index in [4.69, 9.17) is 14.7 Å². The predicted octanol–water partition coefficient (Wildman–Crippen LogP) is 14.3. The lowest BCUT2D eigenvalue weighted by Crippen LogP contribution is -2.47. The summed E-state index contributed by atoms with van der Waals surface area (Å²) < 4.78 is 9.68. The number of rotatable bonds is 7. The number of ether oxygens (including phenoxy) is 1. The molecule has 0 fully saturated rings. The maximum absolute atomic E-state index is 7.23. The quantitative estimate of drug-likeness (QED) is 0.150. The average molecular weight is 823 g/mol. The predicted molar refractivity (Wildman–Crippen MR) is 262 cm³/mol. The van der Waals surface area contributed by atoms with E-state index in [1.165, 1.54) is 66.2 Å². The standard InChI is InChI=1S/C58H54N4O/c1-5-7-24-45-38(3)63-56-49(45)37-58(4,43-32-33-47-46-25-15-18-29-53(46)61(54(47)35-43)44-22-9-8-10-23-44)36-42-21-13-17-28-52(42)62(51(56)6-2)57-59-50-27-16-14-26-48(50)55(60-57)41-31-30-39-19-11-12-20-40(39)34-41/h5,7-12,15-20,22-25,27-35,49,51,56H,1,6,13-14,21,26,36-37H2,2-4H3/b24-7-. The maximum atomic E-state index is 7.23. The SMILES string of the molecule is C=C/C=C\C1=C(C)OC2C1CC(C)(c1ccc3c4ccccc4n(-c4ccccc4)c3c1)CC1=C(C=CCC1)N(c1nc3c(c(-c4ccc5ccccc5c4)n1)CCC=C3)C2CC. The summed E-state index contributed by atoms with van der Waals surface area (Å²) in [5, 5.41) is 5.00. The summed E-state index contributed by atoms with van der Waals surface area (Å²) in [6, 6.07) is 42.3. The molecular weight excluding hydrogens is 769 g/mol. The van der Waals surface area contributed by atoms with Crippen LogP contribution in [-0.4, -0.2) is 26.7 Å². The molecule has 2 aliphatic heterocycles. The molecule has 63 heavy (non-hydrogen) atoms. The second-order valence-corrected chi connectivity index (χ2v) is 18.2. The Morgan fingerprint density at radius 3 is 2.44 bits per heavy atom. The van der Waals surface area contributed by atoms with Gasteiger partial charge in [0.05, 0.1) is 34.2 Å². The van der Waals surface area contributed by atoms with Gasteiger partial charge in [-0.1, -0.05) is 136 Å². The largest absolute Gasteiger partial charge is 0.492 e. The molecule has 0 saturated carbocycles. The van der Waals surface area contributed by atoms with Crippen molar-refractivity contribution in [3.8, 4) is 16.9 Å². The Morgan fingerprint density at radius 1 is 0.810 bits per heavy atom. The molecule has 4 unspecified atom stereocenters. The number of nitrogens with zero attached hydrogens (tertiary/aromatic N) is 4. The Bertz CT molecular complexity index is 3110. The van der Waals surface area contributed by atoms with Crippen molar-refractivity contribution in [1.82, 2.24) is 14.5 Å². The van der Waals surface area contributed by atoms with Gasteiger partial charge in [0.2, 0.25) is 5.95 Å². The topological polar surface area (TPSA) is 43.2 Å². The minimum absolute atomic E-state index is 0.0344. The van der Waals surface area contributed by atoms with Crippen LogP contribution in [0.5, 0.6) is 0 Å². The summed E-state index contributed by atoms with van der Waals surface area (Å²) in [6.07, 6.45) is 21.9. The molecule has 0 amide bonds. The Labute approximate surface area is 371 Å². The van der Waals surface area contributed by atoms with Gasteiger partial charge in [-0.05, 0) is 127 Å². The number of allylic oxidation sites excluding steroid dienone is 8. The lowest BCUT2D eigenvalue weighted by atomic mass is 9.68. The molecule has 0 saturated heterocycles. The molecule has 312 valence electrons. The number of fused-ring (bicyclic) bond motifs is 6. The first-order valence-corrected chi connectivity index (χ1v) is 22.9. The highest BCUT2D eigenvalue weighted by Gasteiger charge is 2.48. The number of anilines is 1. The van der Waals surface area contributed by atoms with Gasteiger partial charge in [0.1, 0.15) is 6.10 Å². The normalized spacial score (nSPS) is 22.3. The van der Waals surface area contributed by atoms with Gasteiger partial charge in [-0.2, -0.15) is 0 Å². The first-order valence-electron chi connectivity index (χ1n) is 22.9. The van der Waals surface area contributed by atoms with Crippen molar-refractivity contribution >= 4 is 44.6 Å². The van der Waals surface area contributed by atoms with Crippen molar-refractivity contribution in [2.75, 3.05) is 4.90 Å². The molecule has 2 aromatic heterocycles. The van der Waals surface area contributed by atoms with E-state index in [-0.39, 0.29) is 23.5 Å².